The number of allylic oxidation sites excluding steroid dienone is 8. The minimum Gasteiger partial charge on any atom is -0.462 e. The maximum atomic E-state index is 12.5. The second kappa shape index (κ2) is 35.1. The molecule has 0 saturated heterocycles. The average Bonchev–Trinajstić information content (AvgIpc) is 3.09. The topological polar surface area (TPSA) is 155 Å². The van der Waals surface area contributed by atoms with E-state index in [1.165, 1.54) is 32.1 Å². The van der Waals surface area contributed by atoms with E-state index in [1.807, 2.05) is 36.5 Å². The molecule has 0 saturated carbocycles. The highest BCUT2D eigenvalue weighted by Gasteiger charge is 2.25. The van der Waals surface area contributed by atoms with Gasteiger partial charge >= 0.3 is 19.8 Å². The molecular formula is C39H68NO9P. The average molecular weight is 726 g/mol. The summed E-state index contributed by atoms with van der Waals surface area (Å²) in [4.78, 5) is 34.6. The molecule has 0 radical (unpaired) electrons. The van der Waals surface area contributed by atoms with Gasteiger partial charge in [-0.15, -0.1) is 0 Å². The number of carbonyl (C=O) groups is 2. The molecule has 50 heavy (non-hydrogen) atoms. The summed E-state index contributed by atoms with van der Waals surface area (Å²) in [7, 11) is -4.40. The molecule has 1 unspecified atom stereocenters. The van der Waals surface area contributed by atoms with Gasteiger partial charge in [-0.2, -0.15) is 0 Å². The number of nitrogens with two attached hydrogens (primary N) is 1. The number of carbonyl (C=O) groups excluding carboxylic acids is 2. The zero-order valence-corrected chi connectivity index (χ0v) is 31.9. The lowest BCUT2D eigenvalue weighted by Crippen LogP contribution is -2.29. The lowest BCUT2D eigenvalue weighted by molar-refractivity contribution is -0.161. The van der Waals surface area contributed by atoms with E-state index >= 15 is 0 Å². The third kappa shape index (κ3) is 34.1. The van der Waals surface area contributed by atoms with Gasteiger partial charge in [-0.05, 0) is 64.2 Å². The van der Waals surface area contributed by atoms with Crippen LogP contribution in [0.15, 0.2) is 60.8 Å². The van der Waals surface area contributed by atoms with Gasteiger partial charge in [-0.3, -0.25) is 18.6 Å². The first-order chi connectivity index (χ1) is 24.2. The van der Waals surface area contributed by atoms with Gasteiger partial charge in [0.2, 0.25) is 0 Å². The molecule has 0 aliphatic rings. The largest absolute Gasteiger partial charge is 0.472 e. The summed E-state index contributed by atoms with van der Waals surface area (Å²) in [6.45, 7) is 3.46. The van der Waals surface area contributed by atoms with Crippen molar-refractivity contribution >= 4 is 19.8 Å². The molecule has 0 spiro atoms. The molecule has 4 N–H and O–H groups in total. The van der Waals surface area contributed by atoms with Crippen LogP contribution in [0, 0.1) is 0 Å². The van der Waals surface area contributed by atoms with Gasteiger partial charge in [-0.1, -0.05) is 120 Å². The Labute approximate surface area is 302 Å². The Morgan fingerprint density at radius 1 is 0.700 bits per heavy atom. The lowest BCUT2D eigenvalue weighted by atomic mass is 10.1. The Morgan fingerprint density at radius 3 is 2.08 bits per heavy atom. The van der Waals surface area contributed by atoms with E-state index in [4.69, 9.17) is 24.3 Å². The fraction of sp³-hybridized carbons (Fsp3) is 0.692. The summed E-state index contributed by atoms with van der Waals surface area (Å²) in [5, 5.41) is 10.0. The number of aliphatic hydroxyl groups is 1. The van der Waals surface area contributed by atoms with Gasteiger partial charge < -0.3 is 25.2 Å². The quantitative estimate of drug-likeness (QED) is 0.0192. The zero-order chi connectivity index (χ0) is 37.0. The summed E-state index contributed by atoms with van der Waals surface area (Å²) in [5.41, 5.74) is 5.32. The van der Waals surface area contributed by atoms with Crippen molar-refractivity contribution in [1.29, 1.82) is 0 Å². The second-order valence-electron chi connectivity index (χ2n) is 12.3. The highest BCUT2D eigenvalue weighted by Crippen LogP contribution is 2.43. The van der Waals surface area contributed by atoms with Crippen LogP contribution in [-0.4, -0.2) is 60.5 Å². The molecule has 288 valence electrons. The van der Waals surface area contributed by atoms with Crippen molar-refractivity contribution in [2.75, 3.05) is 26.4 Å². The van der Waals surface area contributed by atoms with Crippen molar-refractivity contribution in [3.63, 3.8) is 0 Å². The molecule has 0 bridgehead atoms. The lowest BCUT2D eigenvalue weighted by Gasteiger charge is -2.19. The van der Waals surface area contributed by atoms with Crippen molar-refractivity contribution in [3.8, 4) is 0 Å². The smallest absolute Gasteiger partial charge is 0.462 e. The highest BCUT2D eigenvalue weighted by molar-refractivity contribution is 7.47. The normalized spacial score (nSPS) is 14.7. The molecule has 0 aromatic rings. The van der Waals surface area contributed by atoms with Crippen LogP contribution in [0.2, 0.25) is 0 Å². The Kier molecular flexibility index (Phi) is 33.5. The first-order valence-corrected chi connectivity index (χ1v) is 20.4. The van der Waals surface area contributed by atoms with Gasteiger partial charge in [0, 0.05) is 19.4 Å². The van der Waals surface area contributed by atoms with Crippen LogP contribution < -0.4 is 5.73 Å². The molecule has 0 fully saturated rings. The SMILES string of the molecule is CCCC/C=C\CCCCCCCC(=O)O[C@H](COC(=O)CCC/C=C/C/C=C\C[C@H](O)/C=C\C=C/CCCCC)COP(=O)(O)OCCN. The van der Waals surface area contributed by atoms with E-state index in [1.54, 1.807) is 6.08 Å². The first-order valence-electron chi connectivity index (χ1n) is 18.9. The number of phosphoric ester groups is 1. The van der Waals surface area contributed by atoms with Crippen molar-refractivity contribution in [2.24, 2.45) is 5.73 Å². The Morgan fingerprint density at radius 2 is 1.32 bits per heavy atom. The van der Waals surface area contributed by atoms with E-state index in [-0.39, 0.29) is 32.6 Å². The van der Waals surface area contributed by atoms with Gasteiger partial charge in [-0.25, -0.2) is 4.57 Å². The van der Waals surface area contributed by atoms with Crippen molar-refractivity contribution in [2.45, 2.75) is 148 Å². The number of ether oxygens (including phenoxy) is 2. The van der Waals surface area contributed by atoms with Crippen molar-refractivity contribution in [1.82, 2.24) is 0 Å². The molecule has 0 aromatic carbocycles. The molecule has 0 rings (SSSR count). The molecule has 0 aromatic heterocycles. The number of phosphoric acid groups is 1. The molecule has 0 aliphatic heterocycles. The highest BCUT2D eigenvalue weighted by atomic mass is 31.2. The third-order valence-corrected chi connectivity index (χ3v) is 8.44. The van der Waals surface area contributed by atoms with E-state index in [2.05, 4.69) is 32.1 Å². The Bertz CT molecular complexity index is 1030. The number of aliphatic hydroxyl groups excluding tert-OH is 1. The Hall–Kier alpha value is -2.33. The fourth-order valence-corrected chi connectivity index (χ4v) is 5.33. The molecule has 0 aliphatic carbocycles. The van der Waals surface area contributed by atoms with Gasteiger partial charge in [0.1, 0.15) is 6.61 Å². The molecule has 11 heteroatoms. The maximum absolute atomic E-state index is 12.5. The molecule has 0 heterocycles. The van der Waals surface area contributed by atoms with Crippen molar-refractivity contribution in [3.05, 3.63) is 60.8 Å². The predicted octanol–water partition coefficient (Wildman–Crippen LogP) is 9.13. The Balaban J connectivity index is 4.40. The van der Waals surface area contributed by atoms with Crippen LogP contribution in [0.25, 0.3) is 0 Å². The molecule has 10 nitrogen and oxygen atoms in total. The summed E-state index contributed by atoms with van der Waals surface area (Å²) >= 11 is 0. The summed E-state index contributed by atoms with van der Waals surface area (Å²) in [6.07, 6.45) is 35.7. The van der Waals surface area contributed by atoms with Crippen LogP contribution >= 0.6 is 7.82 Å². The number of hydrogen-bond acceptors (Lipinski definition) is 9. The van der Waals surface area contributed by atoms with E-state index in [0.717, 1.165) is 51.4 Å². The van der Waals surface area contributed by atoms with E-state index in [9.17, 15) is 24.2 Å². The van der Waals surface area contributed by atoms with Gasteiger partial charge in [0.15, 0.2) is 6.10 Å². The summed E-state index contributed by atoms with van der Waals surface area (Å²) < 4.78 is 32.5. The number of rotatable bonds is 34. The zero-order valence-electron chi connectivity index (χ0n) is 31.0. The fourth-order valence-electron chi connectivity index (χ4n) is 4.57. The number of hydrogen-bond donors (Lipinski definition) is 3. The number of unbranched alkanes of at least 4 members (excludes halogenated alkanes) is 11. The van der Waals surface area contributed by atoms with Gasteiger partial charge in [0.05, 0.1) is 19.3 Å². The second-order valence-corrected chi connectivity index (χ2v) is 13.7. The van der Waals surface area contributed by atoms with E-state index < -0.39 is 38.6 Å². The minimum atomic E-state index is -4.40. The van der Waals surface area contributed by atoms with Crippen LogP contribution in [-0.2, 0) is 32.7 Å². The molecule has 3 atom stereocenters. The third-order valence-electron chi connectivity index (χ3n) is 7.46. The monoisotopic (exact) mass is 725 g/mol. The van der Waals surface area contributed by atoms with Crippen LogP contribution in [0.4, 0.5) is 0 Å². The molecule has 0 amide bonds. The summed E-state index contributed by atoms with van der Waals surface area (Å²) in [6, 6.07) is 0. The maximum Gasteiger partial charge on any atom is 0.472 e. The van der Waals surface area contributed by atoms with Crippen LogP contribution in [0.5, 0.6) is 0 Å². The van der Waals surface area contributed by atoms with Crippen LogP contribution in [0.1, 0.15) is 136 Å². The van der Waals surface area contributed by atoms with Crippen LogP contribution in [0.3, 0.4) is 0 Å². The predicted molar refractivity (Wildman–Crippen MR) is 202 cm³/mol. The number of esters is 2. The molecular weight excluding hydrogens is 657 g/mol. The van der Waals surface area contributed by atoms with Crippen molar-refractivity contribution < 1.29 is 42.7 Å². The summed E-state index contributed by atoms with van der Waals surface area (Å²) in [5.74, 6) is -0.955. The first kappa shape index (κ1) is 47.7. The van der Waals surface area contributed by atoms with Gasteiger partial charge in [0.25, 0.3) is 0 Å². The standard InChI is InChI=1S/C39H68NO9P/c1-3-5-7-9-11-12-13-14-18-23-27-31-39(43)49-37(35-48-50(44,45)47-33-32-40)34-46-38(42)30-26-22-19-15-17-21-25-29-36(41)28-24-20-16-10-8-6-4-2/h9,11,15-16,19-21,24-25,28,36-37,41H,3-8,10,12-14,17-18,22-23,26-27,29-35,40H2,1-2H3,(H,44,45)/b11-9-,19-15+,20-16-,25-21-,28-24-/t36-,37-/m1/s1. The minimum absolute atomic E-state index is 0.0327. The van der Waals surface area contributed by atoms with E-state index in [0.29, 0.717) is 25.7 Å².